The molecule has 0 spiro atoms. The standard InChI is InChI=1S/C27H31N9OS2/c28-25-30-26(31-27-29-24(32-36(25)27)23-6-1-11-37-23)35-10-9-34-15-19(7-8-20(34)16-35)14-33(17-21-4-2-12-38-21)18-22-5-3-13-39-22/h1-6,11-13,19-20H,7-10,14-18H2,(H2,28,29,30,31,32). The highest BCUT2D eigenvalue weighted by atomic mass is 32.1. The van der Waals surface area contributed by atoms with Gasteiger partial charge in [-0.15, -0.1) is 27.8 Å². The van der Waals surface area contributed by atoms with E-state index >= 15 is 0 Å². The molecule has 5 aromatic heterocycles. The van der Waals surface area contributed by atoms with Gasteiger partial charge in [-0.05, 0) is 53.8 Å². The van der Waals surface area contributed by atoms with Crippen molar-refractivity contribution in [1.29, 1.82) is 0 Å². The summed E-state index contributed by atoms with van der Waals surface area (Å²) in [4.78, 5) is 24.3. The van der Waals surface area contributed by atoms with E-state index in [2.05, 4.69) is 64.8 Å². The zero-order chi connectivity index (χ0) is 26.2. The summed E-state index contributed by atoms with van der Waals surface area (Å²) in [6.45, 7) is 7.08. The number of furan rings is 1. The van der Waals surface area contributed by atoms with Crippen molar-refractivity contribution >= 4 is 40.3 Å². The van der Waals surface area contributed by atoms with E-state index < -0.39 is 0 Å². The molecule has 0 radical (unpaired) electrons. The molecule has 12 heteroatoms. The van der Waals surface area contributed by atoms with Crippen molar-refractivity contribution < 1.29 is 4.42 Å². The SMILES string of the molecule is Nc1nc(N2CCN3CC(CN(Cc4cccs4)Cc4cccs4)CCC3C2)nc2nc(-c3ccco3)nn12. The van der Waals surface area contributed by atoms with Gasteiger partial charge in [0.2, 0.25) is 17.7 Å². The van der Waals surface area contributed by atoms with Crippen molar-refractivity contribution in [2.24, 2.45) is 5.92 Å². The molecule has 7 rings (SSSR count). The number of hydrogen-bond acceptors (Lipinski definition) is 11. The van der Waals surface area contributed by atoms with E-state index in [1.165, 1.54) is 27.1 Å². The Labute approximate surface area is 234 Å². The number of nitrogen functional groups attached to an aromatic ring is 1. The molecule has 2 atom stereocenters. The van der Waals surface area contributed by atoms with Crippen LogP contribution in [0.2, 0.25) is 0 Å². The molecule has 2 saturated heterocycles. The number of aromatic nitrogens is 5. The fourth-order valence-electron chi connectivity index (χ4n) is 5.83. The van der Waals surface area contributed by atoms with E-state index in [0.717, 1.165) is 45.8 Å². The normalized spacial score (nSPS) is 20.2. The average Bonchev–Trinajstić information content (AvgIpc) is 3.76. The van der Waals surface area contributed by atoms with Crippen molar-refractivity contribution in [3.63, 3.8) is 0 Å². The van der Waals surface area contributed by atoms with Gasteiger partial charge in [0.15, 0.2) is 5.76 Å². The molecule has 39 heavy (non-hydrogen) atoms. The second-order valence-electron chi connectivity index (χ2n) is 10.4. The molecular formula is C27H31N9OS2. The highest BCUT2D eigenvalue weighted by molar-refractivity contribution is 7.10. The summed E-state index contributed by atoms with van der Waals surface area (Å²) in [6.07, 6.45) is 4.01. The van der Waals surface area contributed by atoms with Gasteiger partial charge >= 0.3 is 0 Å². The predicted molar refractivity (Wildman–Crippen MR) is 154 cm³/mol. The lowest BCUT2D eigenvalue weighted by atomic mass is 9.90. The largest absolute Gasteiger partial charge is 0.461 e. The lowest BCUT2D eigenvalue weighted by Gasteiger charge is -2.47. The van der Waals surface area contributed by atoms with Crippen LogP contribution in [-0.2, 0) is 13.1 Å². The molecule has 10 nitrogen and oxygen atoms in total. The highest BCUT2D eigenvalue weighted by Gasteiger charge is 2.34. The summed E-state index contributed by atoms with van der Waals surface area (Å²) in [5.41, 5.74) is 6.26. The minimum Gasteiger partial charge on any atom is -0.461 e. The van der Waals surface area contributed by atoms with Crippen molar-refractivity contribution in [3.05, 3.63) is 63.2 Å². The maximum absolute atomic E-state index is 6.26. The lowest BCUT2D eigenvalue weighted by Crippen LogP contribution is -2.57. The van der Waals surface area contributed by atoms with Crippen LogP contribution in [-0.4, -0.2) is 73.1 Å². The van der Waals surface area contributed by atoms with Crippen molar-refractivity contribution in [1.82, 2.24) is 34.4 Å². The number of nitrogens with two attached hydrogens (primary N) is 1. The number of piperazine rings is 1. The van der Waals surface area contributed by atoms with Crippen molar-refractivity contribution in [2.45, 2.75) is 32.0 Å². The monoisotopic (exact) mass is 561 g/mol. The van der Waals surface area contributed by atoms with Gasteiger partial charge in [0.25, 0.3) is 5.78 Å². The first-order valence-electron chi connectivity index (χ1n) is 13.4. The van der Waals surface area contributed by atoms with Crippen LogP contribution in [0, 0.1) is 5.92 Å². The van der Waals surface area contributed by atoms with E-state index in [4.69, 9.17) is 15.1 Å². The number of thiophene rings is 2. The third-order valence-electron chi connectivity index (χ3n) is 7.69. The van der Waals surface area contributed by atoms with Gasteiger partial charge < -0.3 is 15.1 Å². The van der Waals surface area contributed by atoms with E-state index in [1.54, 1.807) is 12.3 Å². The maximum atomic E-state index is 6.26. The Morgan fingerprint density at radius 1 is 0.949 bits per heavy atom. The van der Waals surface area contributed by atoms with Gasteiger partial charge in [-0.3, -0.25) is 9.80 Å². The summed E-state index contributed by atoms with van der Waals surface area (Å²) in [5.74, 6) is 3.05. The van der Waals surface area contributed by atoms with E-state index in [9.17, 15) is 0 Å². The molecule has 7 heterocycles. The van der Waals surface area contributed by atoms with Crippen LogP contribution < -0.4 is 10.6 Å². The van der Waals surface area contributed by atoms with Crippen molar-refractivity contribution in [3.8, 4) is 11.6 Å². The lowest BCUT2D eigenvalue weighted by molar-refractivity contribution is 0.0727. The van der Waals surface area contributed by atoms with Crippen molar-refractivity contribution in [2.75, 3.05) is 43.4 Å². The Kier molecular flexibility index (Phi) is 6.77. The van der Waals surface area contributed by atoms with Gasteiger partial charge in [0, 0.05) is 61.6 Å². The molecule has 0 aromatic carbocycles. The molecule has 5 aromatic rings. The molecule has 2 aliphatic rings. The number of hydrogen-bond donors (Lipinski definition) is 1. The number of anilines is 2. The number of nitrogens with zero attached hydrogens (tertiary/aromatic N) is 8. The number of fused-ring (bicyclic) bond motifs is 2. The Morgan fingerprint density at radius 2 is 1.77 bits per heavy atom. The first-order chi connectivity index (χ1) is 19.2. The summed E-state index contributed by atoms with van der Waals surface area (Å²) in [5, 5.41) is 8.78. The highest BCUT2D eigenvalue weighted by Crippen LogP contribution is 2.29. The van der Waals surface area contributed by atoms with Gasteiger partial charge in [-0.1, -0.05) is 12.1 Å². The van der Waals surface area contributed by atoms with E-state index in [1.807, 2.05) is 28.7 Å². The molecule has 0 bridgehead atoms. The van der Waals surface area contributed by atoms with E-state index in [-0.39, 0.29) is 5.95 Å². The Hall–Kier alpha value is -3.32. The molecule has 2 unspecified atom stereocenters. The van der Waals surface area contributed by atoms with Crippen LogP contribution in [0.5, 0.6) is 0 Å². The molecule has 2 aliphatic heterocycles. The number of piperidine rings is 1. The maximum Gasteiger partial charge on any atom is 0.259 e. The Bertz CT molecular complexity index is 1460. The van der Waals surface area contributed by atoms with Crippen LogP contribution in [0.3, 0.4) is 0 Å². The molecule has 2 N–H and O–H groups in total. The topological polar surface area (TPSA) is 105 Å². The molecular weight excluding hydrogens is 530 g/mol. The van der Waals surface area contributed by atoms with Crippen LogP contribution >= 0.6 is 22.7 Å². The molecule has 202 valence electrons. The van der Waals surface area contributed by atoms with E-state index in [0.29, 0.717) is 35.3 Å². The summed E-state index contributed by atoms with van der Waals surface area (Å²) in [6, 6.07) is 12.9. The first kappa shape index (κ1) is 24.7. The van der Waals surface area contributed by atoms with Crippen LogP contribution in [0.15, 0.2) is 57.8 Å². The fourth-order valence-corrected chi connectivity index (χ4v) is 7.32. The Morgan fingerprint density at radius 3 is 2.49 bits per heavy atom. The summed E-state index contributed by atoms with van der Waals surface area (Å²) < 4.78 is 6.91. The molecule has 0 amide bonds. The first-order valence-corrected chi connectivity index (χ1v) is 15.1. The molecule has 2 fully saturated rings. The van der Waals surface area contributed by atoms with Gasteiger partial charge in [0.05, 0.1) is 6.26 Å². The number of rotatable bonds is 8. The van der Waals surface area contributed by atoms with Crippen LogP contribution in [0.4, 0.5) is 11.9 Å². The minimum atomic E-state index is 0.281. The molecule has 0 saturated carbocycles. The third-order valence-corrected chi connectivity index (χ3v) is 9.41. The average molecular weight is 562 g/mol. The third kappa shape index (κ3) is 5.29. The van der Waals surface area contributed by atoms with Crippen LogP contribution in [0.25, 0.3) is 17.4 Å². The van der Waals surface area contributed by atoms with Gasteiger partial charge in [-0.2, -0.15) is 19.5 Å². The second kappa shape index (κ2) is 10.7. The Balaban J connectivity index is 1.01. The minimum absolute atomic E-state index is 0.281. The summed E-state index contributed by atoms with van der Waals surface area (Å²) >= 11 is 3.71. The predicted octanol–water partition coefficient (Wildman–Crippen LogP) is 4.09. The van der Waals surface area contributed by atoms with Crippen LogP contribution in [0.1, 0.15) is 22.6 Å². The van der Waals surface area contributed by atoms with Gasteiger partial charge in [-0.25, -0.2) is 0 Å². The van der Waals surface area contributed by atoms with Gasteiger partial charge in [0.1, 0.15) is 0 Å². The zero-order valence-corrected chi connectivity index (χ0v) is 23.2. The fraction of sp³-hybridized carbons (Fsp3) is 0.407. The zero-order valence-electron chi connectivity index (χ0n) is 21.6. The quantitative estimate of drug-likeness (QED) is 0.300. The smallest absolute Gasteiger partial charge is 0.259 e. The molecule has 0 aliphatic carbocycles. The summed E-state index contributed by atoms with van der Waals surface area (Å²) in [7, 11) is 0. The second-order valence-corrected chi connectivity index (χ2v) is 12.4.